The highest BCUT2D eigenvalue weighted by Gasteiger charge is 2.33. The van der Waals surface area contributed by atoms with Crippen LogP contribution in [0.15, 0.2) is 78.6 Å². The van der Waals surface area contributed by atoms with E-state index in [1.54, 1.807) is 6.08 Å². The summed E-state index contributed by atoms with van der Waals surface area (Å²) in [5.74, 6) is -0.324. The van der Waals surface area contributed by atoms with E-state index in [9.17, 15) is 9.59 Å². The molecular weight excluding hydrogens is 364 g/mol. The standard InChI is InChI=1S/C23H22N4O2/c1-25(2)18-10-12-19(13-11-18)26-14-6-9-20(26)15-21-22(28)27(23(29)24-21)16-17-7-4-3-5-8-17/h3-15H,16H2,1-2H3,(H,24,29)/b21-15-. The van der Waals surface area contributed by atoms with Crippen LogP contribution in [-0.2, 0) is 11.3 Å². The van der Waals surface area contributed by atoms with E-state index in [1.807, 2.05) is 96.5 Å². The SMILES string of the molecule is CN(C)c1ccc(-n2cccc2/C=C2\NC(=O)N(Cc3ccccc3)C2=O)cc1. The molecule has 1 aromatic heterocycles. The number of hydrogen-bond acceptors (Lipinski definition) is 3. The average molecular weight is 386 g/mol. The smallest absolute Gasteiger partial charge is 0.329 e. The van der Waals surface area contributed by atoms with Crippen LogP contribution in [-0.4, -0.2) is 35.5 Å². The molecule has 6 heteroatoms. The molecule has 0 spiro atoms. The molecule has 6 nitrogen and oxygen atoms in total. The van der Waals surface area contributed by atoms with Gasteiger partial charge in [-0.15, -0.1) is 0 Å². The van der Waals surface area contributed by atoms with Gasteiger partial charge in [0.2, 0.25) is 0 Å². The maximum atomic E-state index is 12.8. The second-order valence-corrected chi connectivity index (χ2v) is 7.08. The van der Waals surface area contributed by atoms with Crippen LogP contribution in [0.5, 0.6) is 0 Å². The minimum atomic E-state index is -0.404. The van der Waals surface area contributed by atoms with Gasteiger partial charge in [0.05, 0.1) is 6.54 Å². The van der Waals surface area contributed by atoms with E-state index in [1.165, 1.54) is 4.90 Å². The predicted molar refractivity (Wildman–Crippen MR) is 114 cm³/mol. The molecule has 0 saturated carbocycles. The molecule has 29 heavy (non-hydrogen) atoms. The summed E-state index contributed by atoms with van der Waals surface area (Å²) < 4.78 is 1.98. The van der Waals surface area contributed by atoms with Crippen molar-refractivity contribution >= 4 is 23.7 Å². The predicted octanol–water partition coefficient (Wildman–Crippen LogP) is 3.64. The molecule has 0 unspecified atom stereocenters. The van der Waals surface area contributed by atoms with E-state index in [0.717, 1.165) is 22.6 Å². The Morgan fingerprint density at radius 2 is 1.66 bits per heavy atom. The fraction of sp³-hybridized carbons (Fsp3) is 0.130. The molecule has 1 aliphatic rings. The number of hydrogen-bond donors (Lipinski definition) is 1. The van der Waals surface area contributed by atoms with Gasteiger partial charge >= 0.3 is 6.03 Å². The fourth-order valence-electron chi connectivity index (χ4n) is 3.29. The zero-order valence-electron chi connectivity index (χ0n) is 16.4. The Bertz CT molecular complexity index is 1070. The van der Waals surface area contributed by atoms with Gasteiger partial charge in [-0.2, -0.15) is 0 Å². The summed E-state index contributed by atoms with van der Waals surface area (Å²) >= 11 is 0. The fourth-order valence-corrected chi connectivity index (χ4v) is 3.29. The van der Waals surface area contributed by atoms with E-state index in [4.69, 9.17) is 0 Å². The maximum Gasteiger partial charge on any atom is 0.329 e. The van der Waals surface area contributed by atoms with E-state index in [0.29, 0.717) is 0 Å². The monoisotopic (exact) mass is 386 g/mol. The Balaban J connectivity index is 1.58. The first-order chi connectivity index (χ1) is 14.0. The molecule has 2 aromatic carbocycles. The molecule has 3 aromatic rings. The minimum absolute atomic E-state index is 0.246. The zero-order chi connectivity index (χ0) is 20.4. The van der Waals surface area contributed by atoms with Gasteiger partial charge in [0.15, 0.2) is 0 Å². The number of nitrogens with zero attached hydrogens (tertiary/aromatic N) is 3. The maximum absolute atomic E-state index is 12.8. The molecular formula is C23H22N4O2. The Kier molecular flexibility index (Phi) is 4.91. The molecule has 0 aliphatic carbocycles. The van der Waals surface area contributed by atoms with Gasteiger partial charge in [0, 0.05) is 37.4 Å². The first kappa shape index (κ1) is 18.6. The molecule has 1 aliphatic heterocycles. The number of nitrogens with one attached hydrogen (secondary N) is 1. The lowest BCUT2D eigenvalue weighted by Gasteiger charge is -2.14. The van der Waals surface area contributed by atoms with Crippen LogP contribution in [0.25, 0.3) is 11.8 Å². The summed E-state index contributed by atoms with van der Waals surface area (Å²) in [6.45, 7) is 0.246. The number of carbonyl (C=O) groups excluding carboxylic acids is 2. The molecule has 1 fully saturated rings. The number of urea groups is 1. The highest BCUT2D eigenvalue weighted by molar-refractivity contribution is 6.13. The average Bonchev–Trinajstić information content (AvgIpc) is 3.29. The lowest BCUT2D eigenvalue weighted by atomic mass is 10.2. The van der Waals surface area contributed by atoms with Crippen LogP contribution >= 0.6 is 0 Å². The number of amides is 3. The number of rotatable bonds is 5. The highest BCUT2D eigenvalue weighted by Crippen LogP contribution is 2.21. The van der Waals surface area contributed by atoms with Crippen LogP contribution < -0.4 is 10.2 Å². The second kappa shape index (κ2) is 7.67. The molecule has 1 N–H and O–H groups in total. The Morgan fingerprint density at radius 3 is 2.34 bits per heavy atom. The van der Waals surface area contributed by atoms with Crippen LogP contribution in [0.1, 0.15) is 11.3 Å². The lowest BCUT2D eigenvalue weighted by Crippen LogP contribution is -2.30. The summed E-state index contributed by atoms with van der Waals surface area (Å²) in [7, 11) is 3.99. The molecule has 0 atom stereocenters. The summed E-state index contributed by atoms with van der Waals surface area (Å²) in [5.41, 5.74) is 4.08. The highest BCUT2D eigenvalue weighted by atomic mass is 16.2. The third kappa shape index (κ3) is 3.78. The number of benzene rings is 2. The van der Waals surface area contributed by atoms with Gasteiger partial charge in [-0.05, 0) is 48.0 Å². The summed E-state index contributed by atoms with van der Waals surface area (Å²) in [6.07, 6.45) is 3.64. The van der Waals surface area contributed by atoms with Crippen molar-refractivity contribution in [2.24, 2.45) is 0 Å². The van der Waals surface area contributed by atoms with Crippen LogP contribution in [0.4, 0.5) is 10.5 Å². The van der Waals surface area contributed by atoms with Crippen LogP contribution in [0, 0.1) is 0 Å². The topological polar surface area (TPSA) is 57.6 Å². The van der Waals surface area contributed by atoms with Crippen molar-refractivity contribution < 1.29 is 9.59 Å². The molecule has 4 rings (SSSR count). The van der Waals surface area contributed by atoms with Gasteiger partial charge in [0.25, 0.3) is 5.91 Å². The van der Waals surface area contributed by atoms with E-state index >= 15 is 0 Å². The Morgan fingerprint density at radius 1 is 0.931 bits per heavy atom. The Labute approximate surface area is 169 Å². The minimum Gasteiger partial charge on any atom is -0.378 e. The molecule has 146 valence electrons. The normalized spacial score (nSPS) is 15.1. The van der Waals surface area contributed by atoms with E-state index in [-0.39, 0.29) is 18.1 Å². The van der Waals surface area contributed by atoms with Crippen molar-refractivity contribution in [2.75, 3.05) is 19.0 Å². The molecule has 0 radical (unpaired) electrons. The van der Waals surface area contributed by atoms with Gasteiger partial charge in [-0.3, -0.25) is 9.69 Å². The molecule has 3 amide bonds. The second-order valence-electron chi connectivity index (χ2n) is 7.08. The number of imide groups is 1. The van der Waals surface area contributed by atoms with Gasteiger partial charge in [0.1, 0.15) is 5.70 Å². The third-order valence-corrected chi connectivity index (χ3v) is 4.86. The lowest BCUT2D eigenvalue weighted by molar-refractivity contribution is -0.123. The van der Waals surface area contributed by atoms with Crippen molar-refractivity contribution in [1.82, 2.24) is 14.8 Å². The largest absolute Gasteiger partial charge is 0.378 e. The van der Waals surface area contributed by atoms with Gasteiger partial charge < -0.3 is 14.8 Å². The van der Waals surface area contributed by atoms with Crippen molar-refractivity contribution in [3.63, 3.8) is 0 Å². The van der Waals surface area contributed by atoms with Crippen LogP contribution in [0.2, 0.25) is 0 Å². The molecule has 1 saturated heterocycles. The number of carbonyl (C=O) groups is 2. The van der Waals surface area contributed by atoms with Crippen LogP contribution in [0.3, 0.4) is 0 Å². The molecule has 2 heterocycles. The quantitative estimate of drug-likeness (QED) is 0.538. The van der Waals surface area contributed by atoms with Crippen molar-refractivity contribution in [1.29, 1.82) is 0 Å². The first-order valence-electron chi connectivity index (χ1n) is 9.36. The van der Waals surface area contributed by atoms with Crippen molar-refractivity contribution in [3.8, 4) is 5.69 Å². The van der Waals surface area contributed by atoms with Crippen molar-refractivity contribution in [2.45, 2.75) is 6.54 Å². The van der Waals surface area contributed by atoms with Gasteiger partial charge in [-0.25, -0.2) is 4.79 Å². The summed E-state index contributed by atoms with van der Waals surface area (Å²) in [4.78, 5) is 28.4. The molecule has 0 bridgehead atoms. The first-order valence-corrected chi connectivity index (χ1v) is 9.36. The Hall–Kier alpha value is -3.80. The van der Waals surface area contributed by atoms with E-state index in [2.05, 4.69) is 5.32 Å². The summed E-state index contributed by atoms with van der Waals surface area (Å²) in [5, 5.41) is 2.69. The van der Waals surface area contributed by atoms with Crippen molar-refractivity contribution in [3.05, 3.63) is 89.9 Å². The van der Waals surface area contributed by atoms with E-state index < -0.39 is 6.03 Å². The zero-order valence-corrected chi connectivity index (χ0v) is 16.4. The van der Waals surface area contributed by atoms with Gasteiger partial charge in [-0.1, -0.05) is 30.3 Å². The summed E-state index contributed by atoms with van der Waals surface area (Å²) in [6, 6.07) is 21.0. The number of anilines is 1. The number of aromatic nitrogens is 1. The third-order valence-electron chi connectivity index (χ3n) is 4.86.